The molecule has 0 aliphatic carbocycles. The first-order valence-electron chi connectivity index (χ1n) is 10.4. The van der Waals surface area contributed by atoms with Crippen LogP contribution in [0, 0.1) is 12.3 Å². The first kappa shape index (κ1) is 20.5. The lowest BCUT2D eigenvalue weighted by Gasteiger charge is -2.19. The monoisotopic (exact) mass is 415 g/mol. The Balaban J connectivity index is 1.91. The van der Waals surface area contributed by atoms with Gasteiger partial charge < -0.3 is 9.88 Å². The molecule has 1 atom stereocenters. The highest BCUT2D eigenvalue weighted by Gasteiger charge is 2.19. The lowest BCUT2D eigenvalue weighted by molar-refractivity contribution is 0.0948. The number of carbonyl (C=O) groups is 1. The first-order chi connectivity index (χ1) is 14.9. The molecule has 7 heteroatoms. The van der Waals surface area contributed by atoms with Crippen LogP contribution in [0.3, 0.4) is 0 Å². The second-order valence-corrected chi connectivity index (χ2v) is 7.79. The third-order valence-corrected chi connectivity index (χ3v) is 5.57. The molecular formula is C24H25N5O2. The molecule has 158 valence electrons. The van der Waals surface area contributed by atoms with Gasteiger partial charge in [-0.1, -0.05) is 43.3 Å². The highest BCUT2D eigenvalue weighted by atomic mass is 16.1. The number of carbonyl (C=O) groups excluding carboxylic acids is 1. The molecule has 0 saturated carbocycles. The molecule has 4 aromatic rings. The predicted molar refractivity (Wildman–Crippen MR) is 120 cm³/mol. The molecule has 1 amide bonds. The molecule has 0 radical (unpaired) electrons. The summed E-state index contributed by atoms with van der Waals surface area (Å²) in [6.07, 6.45) is 2.47. The van der Waals surface area contributed by atoms with Crippen LogP contribution in [0.25, 0.3) is 16.7 Å². The second kappa shape index (κ2) is 8.18. The summed E-state index contributed by atoms with van der Waals surface area (Å²) in [5.74, 6) is -0.387. The third-order valence-electron chi connectivity index (χ3n) is 5.57. The van der Waals surface area contributed by atoms with Crippen LogP contribution >= 0.6 is 0 Å². The normalized spacial score (nSPS) is 12.2. The van der Waals surface area contributed by atoms with Gasteiger partial charge >= 0.3 is 0 Å². The van der Waals surface area contributed by atoms with E-state index in [0.717, 1.165) is 17.5 Å². The van der Waals surface area contributed by atoms with Crippen LogP contribution < -0.4 is 16.4 Å². The summed E-state index contributed by atoms with van der Waals surface area (Å²) in [4.78, 5) is 31.0. The Morgan fingerprint density at radius 2 is 1.94 bits per heavy atom. The number of aromatic nitrogens is 3. The maximum Gasteiger partial charge on any atom is 0.267 e. The largest absolute Gasteiger partial charge is 0.348 e. The molecule has 0 spiro atoms. The van der Waals surface area contributed by atoms with E-state index < -0.39 is 0 Å². The Hall–Kier alpha value is -3.74. The van der Waals surface area contributed by atoms with Gasteiger partial charge in [0.25, 0.3) is 11.5 Å². The number of benzene rings is 1. The maximum absolute atomic E-state index is 13.3. The van der Waals surface area contributed by atoms with Crippen molar-refractivity contribution in [1.82, 2.24) is 19.3 Å². The van der Waals surface area contributed by atoms with Crippen molar-refractivity contribution in [3.63, 3.8) is 0 Å². The van der Waals surface area contributed by atoms with Crippen LogP contribution in [0.1, 0.15) is 47.8 Å². The van der Waals surface area contributed by atoms with Gasteiger partial charge in [-0.3, -0.25) is 19.4 Å². The molecule has 0 fully saturated rings. The number of hydrogen-bond acceptors (Lipinski definition) is 4. The number of nitrogens with zero attached hydrogens (tertiary/aromatic N) is 3. The molecule has 3 heterocycles. The van der Waals surface area contributed by atoms with Crippen LogP contribution in [-0.4, -0.2) is 19.9 Å². The van der Waals surface area contributed by atoms with Gasteiger partial charge in [0.15, 0.2) is 0 Å². The Bertz CT molecular complexity index is 1400. The van der Waals surface area contributed by atoms with Gasteiger partial charge in [-0.2, -0.15) is 0 Å². The van der Waals surface area contributed by atoms with Gasteiger partial charge in [-0.05, 0) is 43.5 Å². The van der Waals surface area contributed by atoms with Gasteiger partial charge in [0.1, 0.15) is 16.8 Å². The van der Waals surface area contributed by atoms with E-state index in [1.807, 2.05) is 57.2 Å². The predicted octanol–water partition coefficient (Wildman–Crippen LogP) is 3.34. The Labute approximate surface area is 179 Å². The maximum atomic E-state index is 13.3. The molecular weight excluding hydrogens is 390 g/mol. The first-order valence-corrected chi connectivity index (χ1v) is 10.4. The van der Waals surface area contributed by atoms with Crippen LogP contribution in [0.4, 0.5) is 0 Å². The number of fused-ring (bicyclic) bond motifs is 2. The lowest BCUT2D eigenvalue weighted by Crippen LogP contribution is -2.35. The van der Waals surface area contributed by atoms with Crippen molar-refractivity contribution in [2.45, 2.75) is 39.8 Å². The summed E-state index contributed by atoms with van der Waals surface area (Å²) in [5, 5.41) is 11.9. The summed E-state index contributed by atoms with van der Waals surface area (Å²) in [7, 11) is 0. The average molecular weight is 415 g/mol. The third kappa shape index (κ3) is 3.74. The Kier molecular flexibility index (Phi) is 5.42. The molecule has 0 aliphatic rings. The van der Waals surface area contributed by atoms with E-state index in [-0.39, 0.29) is 28.6 Å². The smallest absolute Gasteiger partial charge is 0.267 e. The molecule has 7 nitrogen and oxygen atoms in total. The molecule has 2 N–H and O–H groups in total. The van der Waals surface area contributed by atoms with E-state index in [0.29, 0.717) is 23.2 Å². The highest BCUT2D eigenvalue weighted by Crippen LogP contribution is 2.17. The minimum Gasteiger partial charge on any atom is -0.348 e. The molecule has 0 aliphatic heterocycles. The molecule has 0 bridgehead atoms. The SMILES string of the molecule is CC[C@H](C)n1c(=N)c(C(=O)NCc2ccccc2)cc2c(=O)n3cc(C)ccc3nc21. The van der Waals surface area contributed by atoms with Crippen molar-refractivity contribution in [2.24, 2.45) is 0 Å². The quantitative estimate of drug-likeness (QED) is 0.490. The van der Waals surface area contributed by atoms with Gasteiger partial charge in [-0.15, -0.1) is 0 Å². The highest BCUT2D eigenvalue weighted by molar-refractivity contribution is 5.96. The van der Waals surface area contributed by atoms with Crippen molar-refractivity contribution < 1.29 is 4.79 Å². The van der Waals surface area contributed by atoms with Crippen LogP contribution in [-0.2, 0) is 6.54 Å². The summed E-state index contributed by atoms with van der Waals surface area (Å²) in [6, 6.07) is 14.7. The fourth-order valence-electron chi connectivity index (χ4n) is 3.66. The summed E-state index contributed by atoms with van der Waals surface area (Å²) < 4.78 is 3.18. The number of pyridine rings is 2. The van der Waals surface area contributed by atoms with Crippen LogP contribution in [0.2, 0.25) is 0 Å². The summed E-state index contributed by atoms with van der Waals surface area (Å²) in [6.45, 7) is 6.21. The second-order valence-electron chi connectivity index (χ2n) is 7.79. The zero-order chi connectivity index (χ0) is 22.1. The average Bonchev–Trinajstić information content (AvgIpc) is 2.78. The standard InChI is InChI=1S/C24H25N5O2/c1-4-16(3)29-21(25)18(23(30)26-13-17-8-6-5-7-9-17)12-19-22(29)27-20-11-10-15(2)14-28(20)24(19)31/h5-12,14,16,25H,4,13H2,1-3H3,(H,26,30)/t16-/m0/s1. The van der Waals surface area contributed by atoms with E-state index in [1.54, 1.807) is 16.8 Å². The van der Waals surface area contributed by atoms with Gasteiger partial charge in [-0.25, -0.2) is 4.98 Å². The Morgan fingerprint density at radius 1 is 1.19 bits per heavy atom. The number of amides is 1. The van der Waals surface area contributed by atoms with E-state index in [9.17, 15) is 9.59 Å². The molecule has 3 aromatic heterocycles. The molecule has 0 unspecified atom stereocenters. The number of hydrogen-bond donors (Lipinski definition) is 2. The lowest BCUT2D eigenvalue weighted by atomic mass is 10.1. The van der Waals surface area contributed by atoms with Crippen molar-refractivity contribution >= 4 is 22.6 Å². The number of nitrogens with one attached hydrogen (secondary N) is 2. The topological polar surface area (TPSA) is 92.2 Å². The van der Waals surface area contributed by atoms with E-state index in [1.165, 1.54) is 10.5 Å². The zero-order valence-corrected chi connectivity index (χ0v) is 17.8. The fourth-order valence-corrected chi connectivity index (χ4v) is 3.66. The van der Waals surface area contributed by atoms with Crippen LogP contribution in [0.5, 0.6) is 0 Å². The fraction of sp³-hybridized carbons (Fsp3) is 0.250. The van der Waals surface area contributed by atoms with Gasteiger partial charge in [0.05, 0.1) is 10.9 Å². The summed E-state index contributed by atoms with van der Waals surface area (Å²) in [5.41, 5.74) is 2.79. The molecule has 4 rings (SSSR count). The minimum atomic E-state index is -0.387. The van der Waals surface area contributed by atoms with Crippen LogP contribution in [0.15, 0.2) is 59.5 Å². The van der Waals surface area contributed by atoms with Crippen molar-refractivity contribution in [1.29, 1.82) is 5.41 Å². The molecule has 0 saturated heterocycles. The number of rotatable bonds is 5. The molecule has 31 heavy (non-hydrogen) atoms. The van der Waals surface area contributed by atoms with E-state index >= 15 is 0 Å². The molecule has 1 aromatic carbocycles. The zero-order valence-electron chi connectivity index (χ0n) is 17.8. The van der Waals surface area contributed by atoms with E-state index in [4.69, 9.17) is 5.41 Å². The minimum absolute atomic E-state index is 0.0516. The van der Waals surface area contributed by atoms with Gasteiger partial charge in [0, 0.05) is 18.8 Å². The van der Waals surface area contributed by atoms with Crippen molar-refractivity contribution in [3.05, 3.63) is 87.3 Å². The van der Waals surface area contributed by atoms with Gasteiger partial charge in [0.2, 0.25) is 0 Å². The van der Waals surface area contributed by atoms with E-state index in [2.05, 4.69) is 10.3 Å². The number of aryl methyl sites for hydroxylation is 1. The summed E-state index contributed by atoms with van der Waals surface area (Å²) >= 11 is 0. The Morgan fingerprint density at radius 3 is 2.65 bits per heavy atom. The van der Waals surface area contributed by atoms with Crippen molar-refractivity contribution in [3.8, 4) is 0 Å². The van der Waals surface area contributed by atoms with Crippen molar-refractivity contribution in [2.75, 3.05) is 0 Å².